The molecule has 0 aliphatic heterocycles. The average molecular weight is 370 g/mol. The van der Waals surface area contributed by atoms with E-state index in [1.807, 2.05) is 0 Å². The van der Waals surface area contributed by atoms with E-state index in [9.17, 15) is 9.59 Å². The Morgan fingerprint density at radius 3 is 2.89 bits per heavy atom. The molecule has 3 aliphatic rings. The van der Waals surface area contributed by atoms with E-state index < -0.39 is 0 Å². The number of nitrogens with two attached hydrogens (primary N) is 1. The Kier molecular flexibility index (Phi) is 4.77. The van der Waals surface area contributed by atoms with Crippen molar-refractivity contribution in [1.82, 2.24) is 0 Å². The first-order valence-corrected chi connectivity index (χ1v) is 10.4. The first-order valence-electron chi connectivity index (χ1n) is 10.4. The number of ether oxygens (including phenoxy) is 1. The fourth-order valence-electron chi connectivity index (χ4n) is 6.55. The summed E-state index contributed by atoms with van der Waals surface area (Å²) >= 11 is 0. The van der Waals surface area contributed by atoms with Crippen molar-refractivity contribution in [3.63, 3.8) is 0 Å². The summed E-state index contributed by atoms with van der Waals surface area (Å²) in [7, 11) is 1.72. The van der Waals surface area contributed by atoms with E-state index in [1.165, 1.54) is 11.1 Å². The van der Waals surface area contributed by atoms with E-state index in [1.54, 1.807) is 7.11 Å². The van der Waals surface area contributed by atoms with E-state index in [0.717, 1.165) is 44.3 Å². The van der Waals surface area contributed by atoms with Crippen molar-refractivity contribution in [3.8, 4) is 5.75 Å². The Balaban J connectivity index is 1.61. The Labute approximate surface area is 161 Å². The second kappa shape index (κ2) is 6.96. The predicted molar refractivity (Wildman–Crippen MR) is 105 cm³/mol. The van der Waals surface area contributed by atoms with Crippen molar-refractivity contribution in [2.45, 2.75) is 64.2 Å². The SMILES string of the molecule is COc1ccc2c(c1)CC[C@@H]1[C@@H]2CC[C@]2(C)C(=O)CC(CCCC(N)=O)[C@@H]12. The number of hydrogen-bond acceptors (Lipinski definition) is 3. The van der Waals surface area contributed by atoms with Crippen LogP contribution in [0.4, 0.5) is 0 Å². The van der Waals surface area contributed by atoms with Crippen LogP contribution in [-0.2, 0) is 16.0 Å². The predicted octanol–water partition coefficient (Wildman–Crippen LogP) is 4.00. The van der Waals surface area contributed by atoms with Gasteiger partial charge in [0, 0.05) is 18.3 Å². The number of primary amides is 1. The second-order valence-electron chi connectivity index (χ2n) is 9.10. The van der Waals surface area contributed by atoms with E-state index in [0.29, 0.717) is 42.3 Å². The fraction of sp³-hybridized carbons (Fsp3) is 0.652. The largest absolute Gasteiger partial charge is 0.497 e. The minimum Gasteiger partial charge on any atom is -0.497 e. The van der Waals surface area contributed by atoms with Gasteiger partial charge in [0.05, 0.1) is 7.11 Å². The third-order valence-corrected chi connectivity index (χ3v) is 7.78. The number of hydrogen-bond donors (Lipinski definition) is 1. The Morgan fingerprint density at radius 2 is 2.15 bits per heavy atom. The molecule has 27 heavy (non-hydrogen) atoms. The number of amides is 1. The molecule has 0 heterocycles. The maximum Gasteiger partial charge on any atom is 0.217 e. The van der Waals surface area contributed by atoms with Crippen LogP contribution in [0.1, 0.15) is 68.9 Å². The summed E-state index contributed by atoms with van der Waals surface area (Å²) in [5.74, 6) is 3.16. The lowest BCUT2D eigenvalue weighted by atomic mass is 9.54. The third kappa shape index (κ3) is 3.07. The molecule has 5 atom stereocenters. The lowest BCUT2D eigenvalue weighted by Gasteiger charge is -2.50. The summed E-state index contributed by atoms with van der Waals surface area (Å²) in [5.41, 5.74) is 8.07. The van der Waals surface area contributed by atoms with Crippen LogP contribution in [0.25, 0.3) is 0 Å². The Morgan fingerprint density at radius 1 is 1.33 bits per heavy atom. The van der Waals surface area contributed by atoms with Crippen molar-refractivity contribution in [1.29, 1.82) is 0 Å². The number of fused-ring (bicyclic) bond motifs is 5. The molecule has 0 radical (unpaired) electrons. The first kappa shape index (κ1) is 18.5. The minimum atomic E-state index is -0.232. The zero-order valence-electron chi connectivity index (χ0n) is 16.5. The van der Waals surface area contributed by atoms with Gasteiger partial charge >= 0.3 is 0 Å². The maximum atomic E-state index is 12.9. The number of Topliss-reactive ketones (excluding diaryl/α,β-unsaturated/α-hetero) is 1. The standard InChI is InChI=1S/C23H31NO3/c1-23-11-10-18-17-9-7-16(27-2)12-14(17)6-8-19(18)22(23)15(13-20(23)25)4-3-5-21(24)26/h7,9,12,15,18-19,22H,3-6,8,10-11,13H2,1-2H3,(H2,24,26)/t15?,18-,19-,22+,23-/m1/s1. The van der Waals surface area contributed by atoms with Gasteiger partial charge in [-0.25, -0.2) is 0 Å². The molecule has 1 unspecified atom stereocenters. The molecular formula is C23H31NO3. The molecule has 146 valence electrons. The van der Waals surface area contributed by atoms with Crippen molar-refractivity contribution in [2.75, 3.05) is 7.11 Å². The summed E-state index contributed by atoms with van der Waals surface area (Å²) in [6.45, 7) is 2.22. The lowest BCUT2D eigenvalue weighted by molar-refractivity contribution is -0.129. The molecule has 0 saturated heterocycles. The molecule has 3 aliphatic carbocycles. The van der Waals surface area contributed by atoms with Gasteiger partial charge in [-0.15, -0.1) is 0 Å². The lowest BCUT2D eigenvalue weighted by Crippen LogP contribution is -2.44. The normalized spacial score (nSPS) is 34.5. The molecule has 4 nitrogen and oxygen atoms in total. The van der Waals surface area contributed by atoms with Crippen molar-refractivity contribution in [3.05, 3.63) is 29.3 Å². The molecular weight excluding hydrogens is 338 g/mol. The second-order valence-corrected chi connectivity index (χ2v) is 9.10. The van der Waals surface area contributed by atoms with Crippen molar-refractivity contribution < 1.29 is 14.3 Å². The molecule has 2 N–H and O–H groups in total. The van der Waals surface area contributed by atoms with E-state index in [2.05, 4.69) is 25.1 Å². The molecule has 0 bridgehead atoms. The number of carbonyl (C=O) groups is 2. The Bertz CT molecular complexity index is 758. The van der Waals surface area contributed by atoms with Crippen LogP contribution in [0.3, 0.4) is 0 Å². The highest BCUT2D eigenvalue weighted by Crippen LogP contribution is 2.62. The smallest absolute Gasteiger partial charge is 0.217 e. The highest BCUT2D eigenvalue weighted by molar-refractivity contribution is 5.87. The average Bonchev–Trinajstić information content (AvgIpc) is 2.91. The monoisotopic (exact) mass is 369 g/mol. The molecule has 2 fully saturated rings. The van der Waals surface area contributed by atoms with Gasteiger partial charge in [0.1, 0.15) is 11.5 Å². The number of methoxy groups -OCH3 is 1. The summed E-state index contributed by atoms with van der Waals surface area (Å²) in [6.07, 6.45) is 7.22. The Hall–Kier alpha value is -1.84. The van der Waals surface area contributed by atoms with Gasteiger partial charge in [-0.2, -0.15) is 0 Å². The highest BCUT2D eigenvalue weighted by Gasteiger charge is 2.58. The van der Waals surface area contributed by atoms with Crippen LogP contribution >= 0.6 is 0 Å². The summed E-state index contributed by atoms with van der Waals surface area (Å²) in [6, 6.07) is 6.54. The molecule has 4 heteroatoms. The number of benzene rings is 1. The van der Waals surface area contributed by atoms with Crippen molar-refractivity contribution >= 4 is 11.7 Å². The van der Waals surface area contributed by atoms with Crippen LogP contribution < -0.4 is 10.5 Å². The summed E-state index contributed by atoms with van der Waals surface area (Å²) < 4.78 is 5.41. The maximum absolute atomic E-state index is 12.9. The van der Waals surface area contributed by atoms with E-state index in [-0.39, 0.29) is 11.3 Å². The number of carbonyl (C=O) groups excluding carboxylic acids is 2. The molecule has 2 saturated carbocycles. The fourth-order valence-corrected chi connectivity index (χ4v) is 6.55. The van der Waals surface area contributed by atoms with Crippen LogP contribution in [-0.4, -0.2) is 18.8 Å². The van der Waals surface area contributed by atoms with E-state index in [4.69, 9.17) is 10.5 Å². The summed E-state index contributed by atoms with van der Waals surface area (Å²) in [4.78, 5) is 24.1. The molecule has 0 aromatic heterocycles. The van der Waals surface area contributed by atoms with Crippen LogP contribution in [0.2, 0.25) is 0 Å². The van der Waals surface area contributed by atoms with Crippen LogP contribution in [0.15, 0.2) is 18.2 Å². The third-order valence-electron chi connectivity index (χ3n) is 7.78. The minimum absolute atomic E-state index is 0.164. The van der Waals surface area contributed by atoms with Gasteiger partial charge in [-0.1, -0.05) is 13.0 Å². The highest BCUT2D eigenvalue weighted by atomic mass is 16.5. The molecule has 4 rings (SSSR count). The van der Waals surface area contributed by atoms with Gasteiger partial charge in [0.2, 0.25) is 5.91 Å². The number of aryl methyl sites for hydroxylation is 1. The topological polar surface area (TPSA) is 69.4 Å². The van der Waals surface area contributed by atoms with Crippen molar-refractivity contribution in [2.24, 2.45) is 28.9 Å². The van der Waals surface area contributed by atoms with E-state index >= 15 is 0 Å². The number of ketones is 1. The van der Waals surface area contributed by atoms with Gasteiger partial charge in [-0.3, -0.25) is 9.59 Å². The molecule has 1 aromatic rings. The van der Waals surface area contributed by atoms with Gasteiger partial charge < -0.3 is 10.5 Å². The quantitative estimate of drug-likeness (QED) is 0.853. The van der Waals surface area contributed by atoms with Gasteiger partial charge in [-0.05, 0) is 85.5 Å². The van der Waals surface area contributed by atoms with Gasteiger partial charge in [0.25, 0.3) is 0 Å². The van der Waals surface area contributed by atoms with Crippen LogP contribution in [0, 0.1) is 23.2 Å². The zero-order chi connectivity index (χ0) is 19.2. The number of rotatable bonds is 5. The molecule has 0 spiro atoms. The molecule has 1 amide bonds. The van der Waals surface area contributed by atoms with Gasteiger partial charge in [0.15, 0.2) is 0 Å². The molecule has 1 aromatic carbocycles. The first-order chi connectivity index (χ1) is 12.9. The zero-order valence-corrected chi connectivity index (χ0v) is 16.5. The van der Waals surface area contributed by atoms with Crippen LogP contribution in [0.5, 0.6) is 5.75 Å². The summed E-state index contributed by atoms with van der Waals surface area (Å²) in [5, 5.41) is 0.